The molecule has 1 aliphatic rings. The van der Waals surface area contributed by atoms with Crippen LogP contribution in [0.15, 0.2) is 6.07 Å². The normalized spacial score (nSPS) is 19.9. The molecule has 1 fully saturated rings. The monoisotopic (exact) mass is 344 g/mol. The fourth-order valence-corrected chi connectivity index (χ4v) is 3.51. The molecule has 1 saturated heterocycles. The van der Waals surface area contributed by atoms with Crippen LogP contribution in [0.3, 0.4) is 0 Å². The van der Waals surface area contributed by atoms with E-state index >= 15 is 0 Å². The summed E-state index contributed by atoms with van der Waals surface area (Å²) >= 11 is 0. The molecule has 136 valence electrons. The summed E-state index contributed by atoms with van der Waals surface area (Å²) in [6, 6.07) is 2.31. The fraction of sp³-hybridized carbons (Fsp3) is 0.667. The molecule has 2 atom stereocenters. The van der Waals surface area contributed by atoms with Crippen LogP contribution in [0.1, 0.15) is 43.9 Å². The molecule has 1 aliphatic heterocycles. The highest BCUT2D eigenvalue weighted by Gasteiger charge is 2.21. The Labute approximate surface area is 148 Å². The molecule has 3 heterocycles. The van der Waals surface area contributed by atoms with E-state index in [0.717, 1.165) is 30.4 Å². The number of aromatic nitrogens is 4. The van der Waals surface area contributed by atoms with Gasteiger partial charge in [0, 0.05) is 30.5 Å². The second-order valence-corrected chi connectivity index (χ2v) is 7.35. The van der Waals surface area contributed by atoms with Crippen LogP contribution in [0.4, 0.5) is 0 Å². The molecule has 0 aliphatic carbocycles. The maximum Gasteiger partial charge on any atom is 0.252 e. The van der Waals surface area contributed by atoms with E-state index in [-0.39, 0.29) is 12.3 Å². The van der Waals surface area contributed by atoms with Gasteiger partial charge in [-0.3, -0.25) is 9.69 Å². The molecule has 2 unspecified atom stereocenters. The molecule has 0 saturated carbocycles. The minimum absolute atomic E-state index is 0.0396. The summed E-state index contributed by atoms with van der Waals surface area (Å²) in [6.07, 6.45) is 2.74. The Bertz CT molecular complexity index is 755. The number of amides is 1. The van der Waals surface area contributed by atoms with Crippen LogP contribution in [0.25, 0.3) is 5.78 Å². The quantitative estimate of drug-likeness (QED) is 0.890. The second-order valence-electron chi connectivity index (χ2n) is 7.35. The first-order valence-corrected chi connectivity index (χ1v) is 9.13. The van der Waals surface area contributed by atoms with Crippen molar-refractivity contribution in [3.8, 4) is 0 Å². The van der Waals surface area contributed by atoms with E-state index in [1.165, 1.54) is 12.8 Å². The van der Waals surface area contributed by atoms with Crippen LogP contribution in [-0.4, -0.2) is 56.1 Å². The molecule has 7 nitrogen and oxygen atoms in total. The zero-order valence-electron chi connectivity index (χ0n) is 15.6. The molecule has 0 bridgehead atoms. The number of rotatable bonds is 5. The lowest BCUT2D eigenvalue weighted by molar-refractivity contribution is -0.120. The first-order valence-electron chi connectivity index (χ1n) is 9.13. The summed E-state index contributed by atoms with van der Waals surface area (Å²) < 4.78 is 1.69. The summed E-state index contributed by atoms with van der Waals surface area (Å²) in [5.41, 5.74) is 1.87. The Hall–Kier alpha value is -2.02. The Morgan fingerprint density at radius 1 is 1.40 bits per heavy atom. The van der Waals surface area contributed by atoms with Gasteiger partial charge in [-0.1, -0.05) is 6.92 Å². The molecule has 0 radical (unpaired) electrons. The summed E-state index contributed by atoms with van der Waals surface area (Å²) in [5.74, 6) is 1.77. The van der Waals surface area contributed by atoms with Crippen LogP contribution in [0, 0.1) is 19.8 Å². The second kappa shape index (κ2) is 7.47. The number of carbonyl (C=O) groups excluding carboxylic acids is 1. The van der Waals surface area contributed by atoms with Crippen molar-refractivity contribution in [2.24, 2.45) is 5.92 Å². The average Bonchev–Trinajstić information content (AvgIpc) is 2.95. The Kier molecular flexibility index (Phi) is 5.32. The third-order valence-electron chi connectivity index (χ3n) is 4.89. The van der Waals surface area contributed by atoms with Crippen LogP contribution in [0.2, 0.25) is 0 Å². The molecule has 25 heavy (non-hydrogen) atoms. The van der Waals surface area contributed by atoms with Gasteiger partial charge in [0.15, 0.2) is 5.82 Å². The van der Waals surface area contributed by atoms with E-state index in [1.54, 1.807) is 4.52 Å². The number of hydrogen-bond donors (Lipinski definition) is 1. The van der Waals surface area contributed by atoms with Gasteiger partial charge >= 0.3 is 0 Å². The smallest absolute Gasteiger partial charge is 0.252 e. The molecule has 2 aromatic rings. The van der Waals surface area contributed by atoms with Crippen molar-refractivity contribution in [3.05, 3.63) is 23.3 Å². The first-order chi connectivity index (χ1) is 11.9. The highest BCUT2D eigenvalue weighted by atomic mass is 16.1. The lowest BCUT2D eigenvalue weighted by Crippen LogP contribution is -2.46. The number of fused-ring (bicyclic) bond motifs is 1. The maximum absolute atomic E-state index is 12.3. The van der Waals surface area contributed by atoms with Gasteiger partial charge in [-0.05, 0) is 52.1 Å². The molecule has 1 amide bonds. The Morgan fingerprint density at radius 2 is 2.20 bits per heavy atom. The summed E-state index contributed by atoms with van der Waals surface area (Å²) in [6.45, 7) is 11.3. The summed E-state index contributed by atoms with van der Waals surface area (Å²) in [4.78, 5) is 23.4. The van der Waals surface area contributed by atoms with Gasteiger partial charge in [-0.25, -0.2) is 9.50 Å². The van der Waals surface area contributed by atoms with Crippen molar-refractivity contribution in [1.29, 1.82) is 0 Å². The fourth-order valence-electron chi connectivity index (χ4n) is 3.51. The van der Waals surface area contributed by atoms with Crippen molar-refractivity contribution in [2.75, 3.05) is 19.6 Å². The van der Waals surface area contributed by atoms with Crippen LogP contribution in [-0.2, 0) is 11.2 Å². The zero-order chi connectivity index (χ0) is 18.0. The molecule has 2 aromatic heterocycles. The van der Waals surface area contributed by atoms with E-state index in [1.807, 2.05) is 19.9 Å². The van der Waals surface area contributed by atoms with Crippen molar-refractivity contribution in [3.63, 3.8) is 0 Å². The standard InChI is InChI=1S/C18H28N6O/c1-12-6-5-7-23(11-12)15(4)10-19-17(25)9-16-21-18-20-13(2)8-14(3)24(18)22-16/h8,12,15H,5-7,9-11H2,1-4H3,(H,19,25). The van der Waals surface area contributed by atoms with Gasteiger partial charge in [0.1, 0.15) is 0 Å². The predicted octanol–water partition coefficient (Wildman–Crippen LogP) is 1.52. The summed E-state index contributed by atoms with van der Waals surface area (Å²) in [5, 5.41) is 7.42. The Morgan fingerprint density at radius 3 is 2.96 bits per heavy atom. The van der Waals surface area contributed by atoms with E-state index < -0.39 is 0 Å². The molecule has 0 aromatic carbocycles. The van der Waals surface area contributed by atoms with Crippen molar-refractivity contribution < 1.29 is 4.79 Å². The summed E-state index contributed by atoms with van der Waals surface area (Å²) in [7, 11) is 0. The topological polar surface area (TPSA) is 75.4 Å². The lowest BCUT2D eigenvalue weighted by Gasteiger charge is -2.35. The third kappa shape index (κ3) is 4.34. The molecule has 1 N–H and O–H groups in total. The van der Waals surface area contributed by atoms with Crippen molar-refractivity contribution >= 4 is 11.7 Å². The maximum atomic E-state index is 12.3. The van der Waals surface area contributed by atoms with Gasteiger partial charge in [-0.15, -0.1) is 5.10 Å². The van der Waals surface area contributed by atoms with Crippen LogP contribution in [0.5, 0.6) is 0 Å². The van der Waals surface area contributed by atoms with Gasteiger partial charge < -0.3 is 5.32 Å². The number of aryl methyl sites for hydroxylation is 2. The SMILES string of the molecule is Cc1cc(C)n2nc(CC(=O)NCC(C)N3CCCC(C)C3)nc2n1. The van der Waals surface area contributed by atoms with E-state index in [2.05, 4.69) is 39.1 Å². The predicted molar refractivity (Wildman–Crippen MR) is 96.4 cm³/mol. The number of hydrogen-bond acceptors (Lipinski definition) is 5. The number of nitrogens with one attached hydrogen (secondary N) is 1. The highest BCUT2D eigenvalue weighted by molar-refractivity contribution is 5.77. The molecule has 7 heteroatoms. The van der Waals surface area contributed by atoms with E-state index in [9.17, 15) is 4.79 Å². The minimum atomic E-state index is -0.0396. The molecule has 3 rings (SSSR count). The van der Waals surface area contributed by atoms with Gasteiger partial charge in [0.2, 0.25) is 5.91 Å². The number of carbonyl (C=O) groups is 1. The number of likely N-dealkylation sites (tertiary alicyclic amines) is 1. The lowest BCUT2D eigenvalue weighted by atomic mass is 9.99. The molecule has 0 spiro atoms. The zero-order valence-corrected chi connectivity index (χ0v) is 15.6. The number of nitrogens with zero attached hydrogens (tertiary/aromatic N) is 5. The highest BCUT2D eigenvalue weighted by Crippen LogP contribution is 2.17. The number of piperidine rings is 1. The van der Waals surface area contributed by atoms with Crippen molar-refractivity contribution in [2.45, 2.75) is 53.0 Å². The van der Waals surface area contributed by atoms with E-state index in [4.69, 9.17) is 0 Å². The van der Waals surface area contributed by atoms with E-state index in [0.29, 0.717) is 24.2 Å². The van der Waals surface area contributed by atoms with Gasteiger partial charge in [-0.2, -0.15) is 4.98 Å². The van der Waals surface area contributed by atoms with Gasteiger partial charge in [0.05, 0.1) is 6.42 Å². The van der Waals surface area contributed by atoms with Crippen molar-refractivity contribution in [1.82, 2.24) is 29.8 Å². The third-order valence-corrected chi connectivity index (χ3v) is 4.89. The minimum Gasteiger partial charge on any atom is -0.354 e. The van der Waals surface area contributed by atoms with Gasteiger partial charge in [0.25, 0.3) is 5.78 Å². The van der Waals surface area contributed by atoms with Crippen LogP contribution >= 0.6 is 0 Å². The van der Waals surface area contributed by atoms with Crippen LogP contribution < -0.4 is 5.32 Å². The largest absolute Gasteiger partial charge is 0.354 e. The molecular weight excluding hydrogens is 316 g/mol. The molecular formula is C18H28N6O. The first kappa shape index (κ1) is 17.8. The average molecular weight is 344 g/mol. The Balaban J connectivity index is 1.55.